The lowest BCUT2D eigenvalue weighted by Crippen LogP contribution is -2.36. The Kier molecular flexibility index (Phi) is 3.50. The van der Waals surface area contributed by atoms with Crippen LogP contribution in [0, 0.1) is 5.41 Å². The first-order valence-corrected chi connectivity index (χ1v) is 8.07. The molecule has 2 aromatic heterocycles. The Morgan fingerprint density at radius 1 is 1.41 bits per heavy atom. The van der Waals surface area contributed by atoms with Crippen LogP contribution < -0.4 is 5.32 Å². The third-order valence-electron chi connectivity index (χ3n) is 5.31. The van der Waals surface area contributed by atoms with E-state index in [9.17, 15) is 0 Å². The minimum absolute atomic E-state index is 0.514. The highest BCUT2D eigenvalue weighted by atomic mass is 16.5. The van der Waals surface area contributed by atoms with Gasteiger partial charge in [-0.15, -0.1) is 0 Å². The molecule has 3 heterocycles. The molecule has 118 valence electrons. The fraction of sp³-hybridized carbons (Fsp3) is 0.625. The van der Waals surface area contributed by atoms with Gasteiger partial charge in [-0.25, -0.2) is 4.98 Å². The molecule has 0 aromatic carbocycles. The zero-order valence-corrected chi connectivity index (χ0v) is 13.0. The molecule has 1 N–H and O–H groups in total. The summed E-state index contributed by atoms with van der Waals surface area (Å²) in [6, 6.07) is 2.60. The van der Waals surface area contributed by atoms with Crippen molar-refractivity contribution in [3.05, 3.63) is 36.2 Å². The van der Waals surface area contributed by atoms with Crippen molar-refractivity contribution < 1.29 is 4.52 Å². The number of imidazole rings is 1. The van der Waals surface area contributed by atoms with Gasteiger partial charge in [0.1, 0.15) is 12.1 Å². The second-order valence-corrected chi connectivity index (χ2v) is 6.68. The summed E-state index contributed by atoms with van der Waals surface area (Å²) < 4.78 is 7.11. The standard InChI is InChI=1S/C16H23N5O/c1-20-8-7-18-15(20)12-21(11-13-2-9-22-19-13)14-10-16(14)3-5-17-6-4-16/h2,7-9,14,17H,3-6,10-12H2,1H3/t14-/m1/s1. The number of piperidine rings is 1. The molecular weight excluding hydrogens is 278 g/mol. The lowest BCUT2D eigenvalue weighted by molar-refractivity contribution is 0.178. The van der Waals surface area contributed by atoms with Crippen LogP contribution in [-0.2, 0) is 20.1 Å². The van der Waals surface area contributed by atoms with Crippen molar-refractivity contribution in [2.45, 2.75) is 38.4 Å². The zero-order valence-electron chi connectivity index (χ0n) is 13.0. The molecule has 4 rings (SSSR count). The van der Waals surface area contributed by atoms with Crippen LogP contribution in [0.15, 0.2) is 29.2 Å². The molecule has 2 aromatic rings. The number of rotatable bonds is 5. The molecule has 0 amide bonds. The predicted octanol–water partition coefficient (Wildman–Crippen LogP) is 1.55. The summed E-state index contributed by atoms with van der Waals surface area (Å²) in [6.07, 6.45) is 9.41. The number of hydrogen-bond acceptors (Lipinski definition) is 5. The minimum Gasteiger partial charge on any atom is -0.364 e. The number of hydrogen-bond donors (Lipinski definition) is 1. The van der Waals surface area contributed by atoms with Crippen molar-refractivity contribution in [3.63, 3.8) is 0 Å². The van der Waals surface area contributed by atoms with Crippen molar-refractivity contribution in [1.29, 1.82) is 0 Å². The van der Waals surface area contributed by atoms with Crippen LogP contribution in [0.3, 0.4) is 0 Å². The minimum atomic E-state index is 0.514. The van der Waals surface area contributed by atoms with Gasteiger partial charge < -0.3 is 14.4 Å². The average Bonchev–Trinajstić information content (AvgIpc) is 2.90. The van der Waals surface area contributed by atoms with Crippen LogP contribution in [-0.4, -0.2) is 38.7 Å². The van der Waals surface area contributed by atoms with Gasteiger partial charge in [-0.3, -0.25) is 4.90 Å². The molecule has 2 aliphatic rings. The smallest absolute Gasteiger partial charge is 0.124 e. The molecule has 2 fully saturated rings. The van der Waals surface area contributed by atoms with E-state index in [4.69, 9.17) is 4.52 Å². The molecule has 22 heavy (non-hydrogen) atoms. The Morgan fingerprint density at radius 3 is 2.95 bits per heavy atom. The molecule has 0 radical (unpaired) electrons. The van der Waals surface area contributed by atoms with Crippen molar-refractivity contribution in [2.75, 3.05) is 13.1 Å². The normalized spacial score (nSPS) is 23.3. The maximum absolute atomic E-state index is 5.00. The molecule has 1 aliphatic carbocycles. The van der Waals surface area contributed by atoms with Crippen LogP contribution in [0.2, 0.25) is 0 Å². The van der Waals surface area contributed by atoms with Gasteiger partial charge >= 0.3 is 0 Å². The molecule has 1 atom stereocenters. The molecule has 6 heteroatoms. The molecule has 1 saturated heterocycles. The van der Waals surface area contributed by atoms with Crippen LogP contribution >= 0.6 is 0 Å². The van der Waals surface area contributed by atoms with Crippen LogP contribution in [0.5, 0.6) is 0 Å². The monoisotopic (exact) mass is 301 g/mol. The lowest BCUT2D eigenvalue weighted by atomic mass is 9.93. The van der Waals surface area contributed by atoms with E-state index in [1.165, 1.54) is 19.3 Å². The first kappa shape index (κ1) is 14.0. The summed E-state index contributed by atoms with van der Waals surface area (Å²) in [5.74, 6) is 1.11. The first-order chi connectivity index (χ1) is 10.8. The highest BCUT2D eigenvalue weighted by Crippen LogP contribution is 2.56. The molecule has 1 saturated carbocycles. The predicted molar refractivity (Wildman–Crippen MR) is 81.9 cm³/mol. The van der Waals surface area contributed by atoms with E-state index in [0.717, 1.165) is 37.7 Å². The Bertz CT molecular complexity index is 614. The maximum atomic E-state index is 5.00. The van der Waals surface area contributed by atoms with Crippen LogP contribution in [0.4, 0.5) is 0 Å². The van der Waals surface area contributed by atoms with Crippen molar-refractivity contribution >= 4 is 0 Å². The van der Waals surface area contributed by atoms with E-state index in [1.54, 1.807) is 6.26 Å². The summed E-state index contributed by atoms with van der Waals surface area (Å²) in [7, 11) is 2.06. The van der Waals surface area contributed by atoms with Gasteiger partial charge in [0.05, 0.1) is 12.2 Å². The van der Waals surface area contributed by atoms with E-state index in [1.807, 2.05) is 18.5 Å². The first-order valence-electron chi connectivity index (χ1n) is 8.07. The molecule has 1 spiro atoms. The zero-order chi connectivity index (χ0) is 15.0. The van der Waals surface area contributed by atoms with Gasteiger partial charge in [-0.1, -0.05) is 5.16 Å². The number of nitrogens with one attached hydrogen (secondary N) is 1. The fourth-order valence-electron chi connectivity index (χ4n) is 3.84. The molecule has 0 unspecified atom stereocenters. The molecule has 1 aliphatic heterocycles. The second-order valence-electron chi connectivity index (χ2n) is 6.68. The van der Waals surface area contributed by atoms with Gasteiger partial charge in [0.25, 0.3) is 0 Å². The maximum Gasteiger partial charge on any atom is 0.124 e. The van der Waals surface area contributed by atoms with Gasteiger partial charge in [0.2, 0.25) is 0 Å². The Morgan fingerprint density at radius 2 is 2.27 bits per heavy atom. The molecule has 0 bridgehead atoms. The third kappa shape index (κ3) is 2.57. The van der Waals surface area contributed by atoms with Crippen LogP contribution in [0.25, 0.3) is 0 Å². The van der Waals surface area contributed by atoms with Gasteiger partial charge in [0, 0.05) is 38.1 Å². The quantitative estimate of drug-likeness (QED) is 0.908. The average molecular weight is 301 g/mol. The largest absolute Gasteiger partial charge is 0.364 e. The Balaban J connectivity index is 1.52. The van der Waals surface area contributed by atoms with Crippen molar-refractivity contribution in [3.8, 4) is 0 Å². The third-order valence-corrected chi connectivity index (χ3v) is 5.31. The SMILES string of the molecule is Cn1ccnc1CN(Cc1ccon1)[C@@H]1CC12CCNCC2. The molecule has 6 nitrogen and oxygen atoms in total. The van der Waals surface area contributed by atoms with E-state index < -0.39 is 0 Å². The summed E-state index contributed by atoms with van der Waals surface area (Å²) >= 11 is 0. The van der Waals surface area contributed by atoms with E-state index in [-0.39, 0.29) is 0 Å². The Labute approximate surface area is 130 Å². The van der Waals surface area contributed by atoms with E-state index in [2.05, 4.69) is 32.0 Å². The number of aromatic nitrogens is 3. The summed E-state index contributed by atoms with van der Waals surface area (Å²) in [5.41, 5.74) is 1.52. The van der Waals surface area contributed by atoms with Gasteiger partial charge in [-0.05, 0) is 37.8 Å². The van der Waals surface area contributed by atoms with E-state index >= 15 is 0 Å². The molecular formula is C16H23N5O. The summed E-state index contributed by atoms with van der Waals surface area (Å²) in [6.45, 7) is 4.01. The van der Waals surface area contributed by atoms with Crippen molar-refractivity contribution in [2.24, 2.45) is 12.5 Å². The number of aryl methyl sites for hydroxylation is 1. The number of nitrogens with zero attached hydrogens (tertiary/aromatic N) is 4. The topological polar surface area (TPSA) is 59.1 Å². The summed E-state index contributed by atoms with van der Waals surface area (Å²) in [4.78, 5) is 7.03. The Hall–Kier alpha value is -1.66. The second kappa shape index (κ2) is 5.52. The van der Waals surface area contributed by atoms with Crippen LogP contribution in [0.1, 0.15) is 30.8 Å². The highest BCUT2D eigenvalue weighted by molar-refractivity contribution is 5.12. The van der Waals surface area contributed by atoms with Crippen molar-refractivity contribution in [1.82, 2.24) is 24.9 Å². The van der Waals surface area contributed by atoms with Gasteiger partial charge in [-0.2, -0.15) is 0 Å². The fourth-order valence-corrected chi connectivity index (χ4v) is 3.84. The summed E-state index contributed by atoms with van der Waals surface area (Å²) in [5, 5.41) is 7.57. The highest BCUT2D eigenvalue weighted by Gasteiger charge is 2.56. The van der Waals surface area contributed by atoms with Gasteiger partial charge in [0.15, 0.2) is 0 Å². The van der Waals surface area contributed by atoms with E-state index in [0.29, 0.717) is 11.5 Å². The lowest BCUT2D eigenvalue weighted by Gasteiger charge is -2.29.